The SMILES string of the molecule is O=C(CCN1C(=O)CCc2cc(F)ccc21)N1CCC(CO)C1. The summed E-state index contributed by atoms with van der Waals surface area (Å²) in [6.07, 6.45) is 1.97. The highest BCUT2D eigenvalue weighted by molar-refractivity contribution is 5.97. The summed E-state index contributed by atoms with van der Waals surface area (Å²) in [7, 11) is 0. The van der Waals surface area contributed by atoms with Crippen LogP contribution in [0.2, 0.25) is 0 Å². The Hall–Kier alpha value is -1.95. The Morgan fingerprint density at radius 2 is 2.17 bits per heavy atom. The summed E-state index contributed by atoms with van der Waals surface area (Å²) in [5, 5.41) is 9.14. The van der Waals surface area contributed by atoms with E-state index in [0.717, 1.165) is 12.0 Å². The molecule has 1 aromatic rings. The van der Waals surface area contributed by atoms with Crippen LogP contribution in [0.4, 0.5) is 10.1 Å². The molecule has 2 aliphatic heterocycles. The van der Waals surface area contributed by atoms with Gasteiger partial charge in [-0.15, -0.1) is 0 Å². The molecule has 0 spiro atoms. The number of likely N-dealkylation sites (tertiary alicyclic amines) is 1. The number of aryl methyl sites for hydroxylation is 1. The highest BCUT2D eigenvalue weighted by Crippen LogP contribution is 2.28. The molecule has 5 nitrogen and oxygen atoms in total. The third-order valence-electron chi connectivity index (χ3n) is 4.69. The average Bonchev–Trinajstić information content (AvgIpc) is 3.03. The van der Waals surface area contributed by atoms with Crippen LogP contribution in [-0.2, 0) is 16.0 Å². The minimum absolute atomic E-state index is 0.00276. The van der Waals surface area contributed by atoms with E-state index in [1.807, 2.05) is 0 Å². The number of benzene rings is 1. The molecule has 2 amide bonds. The Kier molecular flexibility index (Phi) is 4.61. The first-order chi connectivity index (χ1) is 11.1. The lowest BCUT2D eigenvalue weighted by Crippen LogP contribution is -2.39. The fourth-order valence-electron chi connectivity index (χ4n) is 3.35. The van der Waals surface area contributed by atoms with Crippen LogP contribution in [0.5, 0.6) is 0 Å². The molecule has 1 atom stereocenters. The van der Waals surface area contributed by atoms with Gasteiger partial charge in [-0.1, -0.05) is 0 Å². The smallest absolute Gasteiger partial charge is 0.227 e. The van der Waals surface area contributed by atoms with Gasteiger partial charge >= 0.3 is 0 Å². The number of nitrogens with zero attached hydrogens (tertiary/aromatic N) is 2. The van der Waals surface area contributed by atoms with Crippen LogP contribution < -0.4 is 4.90 Å². The van der Waals surface area contributed by atoms with Crippen LogP contribution in [0.15, 0.2) is 18.2 Å². The molecule has 0 aromatic heterocycles. The van der Waals surface area contributed by atoms with Gasteiger partial charge in [0, 0.05) is 50.7 Å². The van der Waals surface area contributed by atoms with Crippen molar-refractivity contribution >= 4 is 17.5 Å². The molecule has 124 valence electrons. The summed E-state index contributed by atoms with van der Waals surface area (Å²) >= 11 is 0. The minimum Gasteiger partial charge on any atom is -0.396 e. The number of fused-ring (bicyclic) bond motifs is 1. The largest absolute Gasteiger partial charge is 0.396 e. The predicted octanol–water partition coefficient (Wildman–Crippen LogP) is 1.34. The summed E-state index contributed by atoms with van der Waals surface area (Å²) in [4.78, 5) is 27.8. The Labute approximate surface area is 134 Å². The lowest BCUT2D eigenvalue weighted by atomic mass is 10.0. The number of amides is 2. The molecule has 23 heavy (non-hydrogen) atoms. The molecule has 0 aliphatic carbocycles. The first-order valence-electron chi connectivity index (χ1n) is 8.06. The van der Waals surface area contributed by atoms with E-state index in [0.29, 0.717) is 38.2 Å². The molecule has 6 heteroatoms. The lowest BCUT2D eigenvalue weighted by molar-refractivity contribution is -0.130. The number of aliphatic hydroxyl groups is 1. The van der Waals surface area contributed by atoms with E-state index in [2.05, 4.69) is 0 Å². The van der Waals surface area contributed by atoms with E-state index in [-0.39, 0.29) is 36.6 Å². The van der Waals surface area contributed by atoms with E-state index < -0.39 is 0 Å². The van der Waals surface area contributed by atoms with Crippen LogP contribution in [0, 0.1) is 11.7 Å². The van der Waals surface area contributed by atoms with Crippen LogP contribution in [-0.4, -0.2) is 48.1 Å². The fraction of sp³-hybridized carbons (Fsp3) is 0.529. The van der Waals surface area contributed by atoms with Gasteiger partial charge in [-0.2, -0.15) is 0 Å². The topological polar surface area (TPSA) is 60.9 Å². The second-order valence-corrected chi connectivity index (χ2v) is 6.25. The molecule has 1 fully saturated rings. The molecule has 1 N–H and O–H groups in total. The van der Waals surface area contributed by atoms with Gasteiger partial charge in [0.25, 0.3) is 0 Å². The van der Waals surface area contributed by atoms with Crippen LogP contribution >= 0.6 is 0 Å². The molecular weight excluding hydrogens is 299 g/mol. The van der Waals surface area contributed by atoms with E-state index in [1.165, 1.54) is 12.1 Å². The van der Waals surface area contributed by atoms with Crippen LogP contribution in [0.1, 0.15) is 24.8 Å². The normalized spacial score (nSPS) is 20.8. The summed E-state index contributed by atoms with van der Waals surface area (Å²) in [5.41, 5.74) is 1.53. The van der Waals surface area contributed by atoms with E-state index in [4.69, 9.17) is 5.11 Å². The van der Waals surface area contributed by atoms with Gasteiger partial charge in [0.2, 0.25) is 11.8 Å². The van der Waals surface area contributed by atoms with Crippen molar-refractivity contribution in [3.8, 4) is 0 Å². The average molecular weight is 320 g/mol. The zero-order chi connectivity index (χ0) is 16.4. The maximum absolute atomic E-state index is 13.3. The maximum atomic E-state index is 13.3. The summed E-state index contributed by atoms with van der Waals surface area (Å²) < 4.78 is 13.3. The van der Waals surface area contributed by atoms with Gasteiger partial charge in [-0.05, 0) is 36.6 Å². The summed E-state index contributed by atoms with van der Waals surface area (Å²) in [6.45, 7) is 1.68. The highest BCUT2D eigenvalue weighted by Gasteiger charge is 2.28. The molecule has 1 unspecified atom stereocenters. The number of hydrogen-bond acceptors (Lipinski definition) is 3. The molecule has 2 aliphatic rings. The van der Waals surface area contributed by atoms with Crippen molar-refractivity contribution < 1.29 is 19.1 Å². The molecule has 0 saturated carbocycles. The van der Waals surface area contributed by atoms with E-state index in [1.54, 1.807) is 15.9 Å². The number of anilines is 1. The third-order valence-corrected chi connectivity index (χ3v) is 4.69. The Morgan fingerprint density at radius 1 is 1.35 bits per heavy atom. The second kappa shape index (κ2) is 6.66. The zero-order valence-electron chi connectivity index (χ0n) is 13.0. The number of halogens is 1. The fourth-order valence-corrected chi connectivity index (χ4v) is 3.35. The Morgan fingerprint density at radius 3 is 2.91 bits per heavy atom. The monoisotopic (exact) mass is 320 g/mol. The van der Waals surface area contributed by atoms with Crippen LogP contribution in [0.25, 0.3) is 0 Å². The van der Waals surface area contributed by atoms with Gasteiger partial charge in [0.05, 0.1) is 0 Å². The van der Waals surface area contributed by atoms with Crippen molar-refractivity contribution in [2.24, 2.45) is 5.92 Å². The van der Waals surface area contributed by atoms with Gasteiger partial charge in [-0.25, -0.2) is 4.39 Å². The number of aliphatic hydroxyl groups excluding tert-OH is 1. The van der Waals surface area contributed by atoms with E-state index in [9.17, 15) is 14.0 Å². The Bertz CT molecular complexity index is 620. The first kappa shape index (κ1) is 15.9. The van der Waals surface area contributed by atoms with Gasteiger partial charge in [0.15, 0.2) is 0 Å². The second-order valence-electron chi connectivity index (χ2n) is 6.25. The zero-order valence-corrected chi connectivity index (χ0v) is 13.0. The standard InChI is InChI=1S/C17H21FN2O3/c18-14-2-3-15-13(9-14)1-4-17(23)20(15)8-6-16(22)19-7-5-12(10-19)11-21/h2-3,9,12,21H,1,4-8,10-11H2. The van der Waals surface area contributed by atoms with Gasteiger partial charge in [0.1, 0.15) is 5.82 Å². The number of carbonyl (C=O) groups excluding carboxylic acids is 2. The predicted molar refractivity (Wildman–Crippen MR) is 83.5 cm³/mol. The van der Waals surface area contributed by atoms with Gasteiger partial charge < -0.3 is 14.9 Å². The van der Waals surface area contributed by atoms with Crippen molar-refractivity contribution in [2.75, 3.05) is 31.1 Å². The van der Waals surface area contributed by atoms with Crippen molar-refractivity contribution in [1.29, 1.82) is 0 Å². The third kappa shape index (κ3) is 3.37. The number of hydrogen-bond donors (Lipinski definition) is 1. The van der Waals surface area contributed by atoms with Crippen molar-refractivity contribution in [3.63, 3.8) is 0 Å². The summed E-state index contributed by atoms with van der Waals surface area (Å²) in [5.74, 6) is -0.157. The summed E-state index contributed by atoms with van der Waals surface area (Å²) in [6, 6.07) is 4.42. The van der Waals surface area contributed by atoms with Crippen molar-refractivity contribution in [2.45, 2.75) is 25.7 Å². The molecule has 0 radical (unpaired) electrons. The quantitative estimate of drug-likeness (QED) is 0.910. The van der Waals surface area contributed by atoms with Crippen LogP contribution in [0.3, 0.4) is 0 Å². The molecule has 2 heterocycles. The lowest BCUT2D eigenvalue weighted by Gasteiger charge is -2.30. The molecule has 0 bridgehead atoms. The maximum Gasteiger partial charge on any atom is 0.227 e. The van der Waals surface area contributed by atoms with Crippen molar-refractivity contribution in [1.82, 2.24) is 4.90 Å². The minimum atomic E-state index is -0.304. The first-order valence-corrected chi connectivity index (χ1v) is 8.06. The van der Waals surface area contributed by atoms with Gasteiger partial charge in [-0.3, -0.25) is 9.59 Å². The number of rotatable bonds is 4. The van der Waals surface area contributed by atoms with Crippen molar-refractivity contribution in [3.05, 3.63) is 29.6 Å². The molecular formula is C17H21FN2O3. The Balaban J connectivity index is 1.64. The molecule has 1 aromatic carbocycles. The highest BCUT2D eigenvalue weighted by atomic mass is 19.1. The molecule has 3 rings (SSSR count). The molecule has 1 saturated heterocycles. The van der Waals surface area contributed by atoms with E-state index >= 15 is 0 Å². The number of carbonyl (C=O) groups is 2.